The highest BCUT2D eigenvalue weighted by atomic mass is 32.2. The first-order valence-electron chi connectivity index (χ1n) is 9.06. The summed E-state index contributed by atoms with van der Waals surface area (Å²) in [4.78, 5) is 11.6. The fraction of sp³-hybridized carbons (Fsp3) is 0.381. The Kier molecular flexibility index (Phi) is 8.00. The van der Waals surface area contributed by atoms with E-state index in [1.807, 2.05) is 19.1 Å². The van der Waals surface area contributed by atoms with Crippen molar-refractivity contribution >= 4 is 16.1 Å². The number of rotatable bonds is 10. The molecule has 146 valence electrons. The molecule has 0 fully saturated rings. The Morgan fingerprint density at radius 3 is 2.15 bits per heavy atom. The van der Waals surface area contributed by atoms with Crippen molar-refractivity contribution in [2.24, 2.45) is 0 Å². The second kappa shape index (κ2) is 10.2. The summed E-state index contributed by atoms with van der Waals surface area (Å²) in [5, 5.41) is 0. The Morgan fingerprint density at radius 2 is 1.52 bits per heavy atom. The number of carbonyl (C=O) groups excluding carboxylic acids is 1. The topological polar surface area (TPSA) is 69.7 Å². The second-order valence-electron chi connectivity index (χ2n) is 6.44. The summed E-state index contributed by atoms with van der Waals surface area (Å²) >= 11 is 0. The van der Waals surface area contributed by atoms with Gasteiger partial charge in [-0.25, -0.2) is 4.79 Å². The highest BCUT2D eigenvalue weighted by Gasteiger charge is 2.14. The van der Waals surface area contributed by atoms with Gasteiger partial charge in [0.25, 0.3) is 10.1 Å². The van der Waals surface area contributed by atoms with E-state index in [2.05, 4.69) is 4.74 Å². The minimum atomic E-state index is -3.66. The van der Waals surface area contributed by atoms with Gasteiger partial charge in [0.1, 0.15) is 0 Å². The first-order valence-corrected chi connectivity index (χ1v) is 10.5. The molecule has 0 heterocycles. The highest BCUT2D eigenvalue weighted by molar-refractivity contribution is 7.86. The van der Waals surface area contributed by atoms with Crippen molar-refractivity contribution in [3.05, 3.63) is 65.2 Å². The van der Waals surface area contributed by atoms with Crippen molar-refractivity contribution in [3.8, 4) is 0 Å². The van der Waals surface area contributed by atoms with E-state index >= 15 is 0 Å². The van der Waals surface area contributed by atoms with Gasteiger partial charge in [0.05, 0.1) is 24.2 Å². The lowest BCUT2D eigenvalue weighted by Crippen LogP contribution is -2.07. The Morgan fingerprint density at radius 1 is 0.889 bits per heavy atom. The minimum Gasteiger partial charge on any atom is -0.465 e. The van der Waals surface area contributed by atoms with Crippen LogP contribution in [-0.4, -0.2) is 28.1 Å². The molecule has 0 atom stereocenters. The van der Waals surface area contributed by atoms with Crippen LogP contribution in [-0.2, 0) is 25.5 Å². The molecule has 0 aliphatic carbocycles. The van der Waals surface area contributed by atoms with Crippen molar-refractivity contribution < 1.29 is 22.1 Å². The summed E-state index contributed by atoms with van der Waals surface area (Å²) in [6.45, 7) is 2.11. The molecule has 0 N–H and O–H groups in total. The fourth-order valence-electron chi connectivity index (χ4n) is 2.65. The molecule has 0 saturated heterocycles. The average Bonchev–Trinajstić information content (AvgIpc) is 2.67. The first kappa shape index (κ1) is 21.1. The zero-order valence-electron chi connectivity index (χ0n) is 15.8. The molecule has 0 aliphatic heterocycles. The molecule has 6 heteroatoms. The van der Waals surface area contributed by atoms with Crippen molar-refractivity contribution in [3.63, 3.8) is 0 Å². The van der Waals surface area contributed by atoms with Gasteiger partial charge >= 0.3 is 5.97 Å². The van der Waals surface area contributed by atoms with Gasteiger partial charge in [0.15, 0.2) is 0 Å². The number of unbranched alkanes of at least 4 members (excludes halogenated alkanes) is 3. The van der Waals surface area contributed by atoms with E-state index in [-0.39, 0.29) is 17.5 Å². The van der Waals surface area contributed by atoms with Crippen LogP contribution in [0.4, 0.5) is 0 Å². The smallest absolute Gasteiger partial charge is 0.337 e. The van der Waals surface area contributed by atoms with Crippen LogP contribution in [0.3, 0.4) is 0 Å². The first-order chi connectivity index (χ1) is 12.9. The van der Waals surface area contributed by atoms with Gasteiger partial charge in [-0.15, -0.1) is 0 Å². The number of esters is 1. The predicted molar refractivity (Wildman–Crippen MR) is 104 cm³/mol. The van der Waals surface area contributed by atoms with Gasteiger partial charge in [-0.2, -0.15) is 8.42 Å². The lowest BCUT2D eigenvalue weighted by atomic mass is 10.0. The van der Waals surface area contributed by atoms with Crippen LogP contribution >= 0.6 is 0 Å². The van der Waals surface area contributed by atoms with Crippen molar-refractivity contribution in [2.75, 3.05) is 13.7 Å². The van der Waals surface area contributed by atoms with Crippen LogP contribution in [0.5, 0.6) is 0 Å². The van der Waals surface area contributed by atoms with Crippen molar-refractivity contribution in [2.45, 2.75) is 43.9 Å². The Hall–Kier alpha value is -2.18. The molecule has 27 heavy (non-hydrogen) atoms. The standard InChI is InChI=1S/C21H26O5S/c1-17-8-14-20(15-9-17)27(23,24)26-16-6-4-3-5-7-18-10-12-19(13-11-18)21(22)25-2/h8-15H,3-7,16H2,1-2H3. The third-order valence-electron chi connectivity index (χ3n) is 4.28. The summed E-state index contributed by atoms with van der Waals surface area (Å²) in [5.41, 5.74) is 2.72. The molecule has 0 saturated carbocycles. The van der Waals surface area contributed by atoms with Crippen LogP contribution in [0.15, 0.2) is 53.4 Å². The Bertz CT molecular complexity index is 824. The number of aryl methyl sites for hydroxylation is 2. The van der Waals surface area contributed by atoms with E-state index in [9.17, 15) is 13.2 Å². The van der Waals surface area contributed by atoms with Gasteiger partial charge in [-0.3, -0.25) is 4.18 Å². The van der Waals surface area contributed by atoms with Gasteiger partial charge in [-0.05, 0) is 56.0 Å². The number of hydrogen-bond donors (Lipinski definition) is 0. The van der Waals surface area contributed by atoms with Crippen LogP contribution in [0, 0.1) is 6.92 Å². The summed E-state index contributed by atoms with van der Waals surface area (Å²) in [6, 6.07) is 14.1. The normalized spacial score (nSPS) is 11.3. The SMILES string of the molecule is COC(=O)c1ccc(CCCCCCOS(=O)(=O)c2ccc(C)cc2)cc1. The maximum Gasteiger partial charge on any atom is 0.337 e. The molecule has 0 spiro atoms. The third-order valence-corrected chi connectivity index (χ3v) is 5.61. The molecule has 0 bridgehead atoms. The van der Waals surface area contributed by atoms with Crippen LogP contribution < -0.4 is 0 Å². The molecule has 2 aromatic rings. The zero-order chi connectivity index (χ0) is 19.7. The molecule has 0 aliphatic rings. The van der Waals surface area contributed by atoms with Gasteiger partial charge < -0.3 is 4.74 Å². The molecule has 2 aromatic carbocycles. The summed E-state index contributed by atoms with van der Waals surface area (Å²) in [6.07, 6.45) is 4.52. The summed E-state index contributed by atoms with van der Waals surface area (Å²) in [7, 11) is -2.30. The van der Waals surface area contributed by atoms with E-state index < -0.39 is 10.1 Å². The second-order valence-corrected chi connectivity index (χ2v) is 8.06. The molecular weight excluding hydrogens is 364 g/mol. The molecule has 0 unspecified atom stereocenters. The Balaban J connectivity index is 1.63. The van der Waals surface area contributed by atoms with Gasteiger partial charge in [0.2, 0.25) is 0 Å². The van der Waals surface area contributed by atoms with E-state index in [4.69, 9.17) is 4.18 Å². The quantitative estimate of drug-likeness (QED) is 0.344. The number of hydrogen-bond acceptors (Lipinski definition) is 5. The fourth-order valence-corrected chi connectivity index (χ4v) is 3.59. The number of ether oxygens (including phenoxy) is 1. The molecule has 2 rings (SSSR count). The van der Waals surface area contributed by atoms with Crippen molar-refractivity contribution in [1.82, 2.24) is 0 Å². The highest BCUT2D eigenvalue weighted by Crippen LogP contribution is 2.15. The maximum atomic E-state index is 12.1. The molecule has 0 aromatic heterocycles. The number of methoxy groups -OCH3 is 1. The number of benzene rings is 2. The predicted octanol–water partition coefficient (Wildman–Crippen LogP) is 4.29. The van der Waals surface area contributed by atoms with Crippen LogP contribution in [0.25, 0.3) is 0 Å². The average molecular weight is 391 g/mol. The lowest BCUT2D eigenvalue weighted by Gasteiger charge is -2.06. The van der Waals surface area contributed by atoms with Crippen LogP contribution in [0.1, 0.15) is 47.2 Å². The maximum absolute atomic E-state index is 12.1. The van der Waals surface area contributed by atoms with Crippen LogP contribution in [0.2, 0.25) is 0 Å². The van der Waals surface area contributed by atoms with Crippen molar-refractivity contribution in [1.29, 1.82) is 0 Å². The number of carbonyl (C=O) groups is 1. The summed E-state index contributed by atoms with van der Waals surface area (Å²) in [5.74, 6) is -0.331. The molecule has 5 nitrogen and oxygen atoms in total. The molecule has 0 radical (unpaired) electrons. The summed E-state index contributed by atoms with van der Waals surface area (Å²) < 4.78 is 33.9. The largest absolute Gasteiger partial charge is 0.465 e. The van der Waals surface area contributed by atoms with Gasteiger partial charge in [0, 0.05) is 0 Å². The zero-order valence-corrected chi connectivity index (χ0v) is 16.6. The monoisotopic (exact) mass is 390 g/mol. The van der Waals surface area contributed by atoms with E-state index in [0.29, 0.717) is 12.0 Å². The Labute approximate surface area is 161 Å². The van der Waals surface area contributed by atoms with E-state index in [0.717, 1.165) is 31.2 Å². The van der Waals surface area contributed by atoms with Gasteiger partial charge in [-0.1, -0.05) is 42.7 Å². The minimum absolute atomic E-state index is 0.198. The molecule has 0 amide bonds. The molecular formula is C21H26O5S. The van der Waals surface area contributed by atoms with E-state index in [1.165, 1.54) is 12.7 Å². The lowest BCUT2D eigenvalue weighted by molar-refractivity contribution is 0.0600. The third kappa shape index (κ3) is 6.81. The van der Waals surface area contributed by atoms with E-state index in [1.54, 1.807) is 36.4 Å².